The molecule has 0 saturated carbocycles. The van der Waals surface area contributed by atoms with E-state index in [1.807, 2.05) is 20.8 Å². The molecule has 0 heterocycles. The van der Waals surface area contributed by atoms with Gasteiger partial charge in [-0.15, -0.1) is 0 Å². The van der Waals surface area contributed by atoms with Crippen LogP contribution in [0.1, 0.15) is 34.1 Å². The summed E-state index contributed by atoms with van der Waals surface area (Å²) in [6.07, 6.45) is 0.538. The van der Waals surface area contributed by atoms with E-state index in [0.29, 0.717) is 6.42 Å². The summed E-state index contributed by atoms with van der Waals surface area (Å²) in [6, 6.07) is -0.968. The zero-order valence-electron chi connectivity index (χ0n) is 11.5. The van der Waals surface area contributed by atoms with E-state index < -0.39 is 12.0 Å². The zero-order chi connectivity index (χ0) is 14.3. The molecule has 6 heteroatoms. The monoisotopic (exact) mass is 260 g/mol. The molecule has 0 aliphatic rings. The van der Waals surface area contributed by atoms with E-state index >= 15 is 0 Å². The maximum atomic E-state index is 11.0. The highest BCUT2D eigenvalue weighted by Crippen LogP contribution is 2.21. The molecule has 2 unspecified atom stereocenters. The lowest BCUT2D eigenvalue weighted by Crippen LogP contribution is -2.51. The van der Waals surface area contributed by atoms with E-state index in [1.165, 1.54) is 6.92 Å². The molecule has 106 valence electrons. The molecule has 0 aromatic rings. The smallest absolute Gasteiger partial charge is 0.327 e. The number of aliphatic hydroxyl groups excluding tert-OH is 1. The second kappa shape index (κ2) is 7.33. The predicted molar refractivity (Wildman–Crippen MR) is 68.2 cm³/mol. The number of hydrogen-bond donors (Lipinski definition) is 4. The first-order chi connectivity index (χ1) is 8.18. The van der Waals surface area contributed by atoms with Gasteiger partial charge in [0.2, 0.25) is 5.91 Å². The molecular weight excluding hydrogens is 236 g/mol. The van der Waals surface area contributed by atoms with Gasteiger partial charge in [-0.05, 0) is 11.8 Å². The highest BCUT2D eigenvalue weighted by atomic mass is 16.4. The zero-order valence-corrected chi connectivity index (χ0v) is 11.5. The lowest BCUT2D eigenvalue weighted by Gasteiger charge is -2.32. The Hall–Kier alpha value is -1.14. The SMILES string of the molecule is CC(=O)NC(CNC(CCO)C(C)(C)C)C(=O)O. The van der Waals surface area contributed by atoms with Crippen molar-refractivity contribution >= 4 is 11.9 Å². The third kappa shape index (κ3) is 6.56. The first kappa shape index (κ1) is 16.9. The van der Waals surface area contributed by atoms with Crippen LogP contribution in [0.15, 0.2) is 0 Å². The summed E-state index contributed by atoms with van der Waals surface area (Å²) >= 11 is 0. The Bertz CT molecular complexity index is 286. The van der Waals surface area contributed by atoms with Gasteiger partial charge < -0.3 is 20.8 Å². The molecule has 18 heavy (non-hydrogen) atoms. The summed E-state index contributed by atoms with van der Waals surface area (Å²) in [5.74, 6) is -1.45. The van der Waals surface area contributed by atoms with Crippen molar-refractivity contribution < 1.29 is 19.8 Å². The minimum Gasteiger partial charge on any atom is -0.480 e. The van der Waals surface area contributed by atoms with Crippen LogP contribution >= 0.6 is 0 Å². The normalized spacial score (nSPS) is 14.9. The Labute approximate surface area is 108 Å². The Kier molecular flexibility index (Phi) is 6.86. The summed E-state index contributed by atoms with van der Waals surface area (Å²) in [4.78, 5) is 21.8. The summed E-state index contributed by atoms with van der Waals surface area (Å²) < 4.78 is 0. The van der Waals surface area contributed by atoms with Crippen LogP contribution in [0.25, 0.3) is 0 Å². The Morgan fingerprint density at radius 3 is 2.17 bits per heavy atom. The summed E-state index contributed by atoms with van der Waals surface area (Å²) in [7, 11) is 0. The molecule has 0 aromatic carbocycles. The molecule has 1 amide bonds. The van der Waals surface area contributed by atoms with Crippen LogP contribution in [0.2, 0.25) is 0 Å². The minimum absolute atomic E-state index is 0.0156. The van der Waals surface area contributed by atoms with Crippen LogP contribution in [0.5, 0.6) is 0 Å². The van der Waals surface area contributed by atoms with Gasteiger partial charge in [0.15, 0.2) is 0 Å². The van der Waals surface area contributed by atoms with Gasteiger partial charge in [-0.1, -0.05) is 20.8 Å². The summed E-state index contributed by atoms with van der Waals surface area (Å²) in [6.45, 7) is 7.48. The van der Waals surface area contributed by atoms with Gasteiger partial charge in [-0.25, -0.2) is 4.79 Å². The molecular formula is C12H24N2O4. The number of carboxylic acids is 1. The van der Waals surface area contributed by atoms with Crippen LogP contribution in [0.3, 0.4) is 0 Å². The molecule has 0 saturated heterocycles. The number of aliphatic carboxylic acids is 1. The number of rotatable bonds is 7. The van der Waals surface area contributed by atoms with Crippen molar-refractivity contribution in [1.29, 1.82) is 0 Å². The highest BCUT2D eigenvalue weighted by Gasteiger charge is 2.26. The second-order valence-corrected chi connectivity index (χ2v) is 5.43. The van der Waals surface area contributed by atoms with Crippen LogP contribution in [-0.4, -0.2) is 47.3 Å². The van der Waals surface area contributed by atoms with Gasteiger partial charge in [0.1, 0.15) is 6.04 Å². The van der Waals surface area contributed by atoms with Crippen molar-refractivity contribution in [3.05, 3.63) is 0 Å². The number of nitrogens with one attached hydrogen (secondary N) is 2. The fraction of sp³-hybridized carbons (Fsp3) is 0.833. The minimum atomic E-state index is -1.07. The largest absolute Gasteiger partial charge is 0.480 e. The summed E-state index contributed by atoms with van der Waals surface area (Å²) in [5, 5.41) is 23.4. The molecule has 0 bridgehead atoms. The van der Waals surface area contributed by atoms with Gasteiger partial charge in [0.05, 0.1) is 0 Å². The molecule has 2 atom stereocenters. The molecule has 0 aliphatic heterocycles. The average Bonchev–Trinajstić information content (AvgIpc) is 2.19. The maximum absolute atomic E-state index is 11.0. The van der Waals surface area contributed by atoms with Crippen LogP contribution in [0.4, 0.5) is 0 Å². The van der Waals surface area contributed by atoms with Crippen molar-refractivity contribution in [2.45, 2.75) is 46.2 Å². The standard InChI is InChI=1S/C12H24N2O4/c1-8(16)14-9(11(17)18)7-13-10(5-6-15)12(2,3)4/h9-10,13,15H,5-7H2,1-4H3,(H,14,16)(H,17,18). The molecule has 0 aliphatic carbocycles. The third-order valence-corrected chi connectivity index (χ3v) is 2.71. The lowest BCUT2D eigenvalue weighted by molar-refractivity contribution is -0.141. The number of aliphatic hydroxyl groups is 1. The second-order valence-electron chi connectivity index (χ2n) is 5.43. The Morgan fingerprint density at radius 2 is 1.83 bits per heavy atom. The molecule has 0 radical (unpaired) electrons. The molecule has 0 spiro atoms. The van der Waals surface area contributed by atoms with Crippen LogP contribution in [-0.2, 0) is 9.59 Å². The number of hydrogen-bond acceptors (Lipinski definition) is 4. The van der Waals surface area contributed by atoms with Crippen molar-refractivity contribution in [1.82, 2.24) is 10.6 Å². The van der Waals surface area contributed by atoms with Crippen LogP contribution in [0, 0.1) is 5.41 Å². The van der Waals surface area contributed by atoms with Crippen LogP contribution < -0.4 is 10.6 Å². The highest BCUT2D eigenvalue weighted by molar-refractivity contribution is 5.82. The van der Waals surface area contributed by atoms with Gasteiger partial charge in [0.25, 0.3) is 0 Å². The summed E-state index contributed by atoms with van der Waals surface area (Å²) in [5.41, 5.74) is -0.0952. The molecule has 0 fully saturated rings. The van der Waals surface area contributed by atoms with Gasteiger partial charge in [-0.3, -0.25) is 4.79 Å². The van der Waals surface area contributed by atoms with Crippen molar-refractivity contribution in [2.75, 3.05) is 13.2 Å². The molecule has 6 nitrogen and oxygen atoms in total. The molecule has 0 aromatic heterocycles. The van der Waals surface area contributed by atoms with Gasteiger partial charge >= 0.3 is 5.97 Å². The van der Waals surface area contributed by atoms with Gasteiger partial charge in [0, 0.05) is 26.1 Å². The first-order valence-corrected chi connectivity index (χ1v) is 6.02. The van der Waals surface area contributed by atoms with Crippen molar-refractivity contribution in [2.24, 2.45) is 5.41 Å². The van der Waals surface area contributed by atoms with E-state index in [2.05, 4.69) is 10.6 Å². The fourth-order valence-corrected chi connectivity index (χ4v) is 1.68. The maximum Gasteiger partial charge on any atom is 0.327 e. The van der Waals surface area contributed by atoms with E-state index in [-0.39, 0.29) is 30.5 Å². The quantitative estimate of drug-likeness (QED) is 0.515. The topological polar surface area (TPSA) is 98.7 Å². The average molecular weight is 260 g/mol. The van der Waals surface area contributed by atoms with E-state index in [1.54, 1.807) is 0 Å². The Morgan fingerprint density at radius 1 is 1.28 bits per heavy atom. The lowest BCUT2D eigenvalue weighted by atomic mass is 9.85. The third-order valence-electron chi connectivity index (χ3n) is 2.71. The number of carbonyl (C=O) groups excluding carboxylic acids is 1. The van der Waals surface area contributed by atoms with E-state index in [9.17, 15) is 9.59 Å². The first-order valence-electron chi connectivity index (χ1n) is 6.02. The molecule has 0 rings (SSSR count). The predicted octanol–water partition coefficient (Wildman–Crippen LogP) is -0.0376. The van der Waals surface area contributed by atoms with E-state index in [4.69, 9.17) is 10.2 Å². The fourth-order valence-electron chi connectivity index (χ4n) is 1.68. The van der Waals surface area contributed by atoms with E-state index in [0.717, 1.165) is 0 Å². The van der Waals surface area contributed by atoms with Gasteiger partial charge in [-0.2, -0.15) is 0 Å². The Balaban J connectivity index is 4.46. The van der Waals surface area contributed by atoms with Crippen molar-refractivity contribution in [3.8, 4) is 0 Å². The molecule has 4 N–H and O–H groups in total. The van der Waals surface area contributed by atoms with Crippen molar-refractivity contribution in [3.63, 3.8) is 0 Å². The number of carbonyl (C=O) groups is 2. The number of carboxylic acid groups (broad SMARTS) is 1. The number of amides is 1.